The van der Waals surface area contributed by atoms with Gasteiger partial charge in [-0.15, -0.1) is 0 Å². The normalized spacial score (nSPS) is 25.3. The minimum Gasteiger partial charge on any atom is -0.490 e. The molecule has 0 spiro atoms. The van der Waals surface area contributed by atoms with Crippen molar-refractivity contribution in [1.29, 1.82) is 0 Å². The molecule has 0 unspecified atom stereocenters. The first-order valence-corrected chi connectivity index (χ1v) is 12.2. The van der Waals surface area contributed by atoms with Crippen LogP contribution in [-0.2, 0) is 14.3 Å². The van der Waals surface area contributed by atoms with Crippen LogP contribution in [0.15, 0.2) is 18.2 Å². The van der Waals surface area contributed by atoms with Crippen LogP contribution in [-0.4, -0.2) is 61.1 Å². The summed E-state index contributed by atoms with van der Waals surface area (Å²) in [6.07, 6.45) is 6.22. The fourth-order valence-corrected chi connectivity index (χ4v) is 5.08. The van der Waals surface area contributed by atoms with Gasteiger partial charge in [0.05, 0.1) is 24.1 Å². The monoisotopic (exact) mass is 457 g/mol. The summed E-state index contributed by atoms with van der Waals surface area (Å²) in [5, 5.41) is 5.87. The van der Waals surface area contributed by atoms with Crippen LogP contribution in [0.4, 0.5) is 5.69 Å². The molecule has 3 atom stereocenters. The Hall–Kier alpha value is -2.61. The first kappa shape index (κ1) is 23.5. The highest BCUT2D eigenvalue weighted by Crippen LogP contribution is 2.33. The zero-order chi connectivity index (χ0) is 23.4. The van der Waals surface area contributed by atoms with Gasteiger partial charge in [-0.2, -0.15) is 0 Å². The maximum atomic E-state index is 13.3. The Bertz CT molecular complexity index is 883. The zero-order valence-electron chi connectivity index (χ0n) is 19.6. The third-order valence-corrected chi connectivity index (χ3v) is 6.99. The first-order chi connectivity index (χ1) is 16.0. The summed E-state index contributed by atoms with van der Waals surface area (Å²) in [6, 6.07) is 5.11. The van der Waals surface area contributed by atoms with E-state index in [9.17, 15) is 14.4 Å². The van der Waals surface area contributed by atoms with Gasteiger partial charge in [-0.1, -0.05) is 19.8 Å². The van der Waals surface area contributed by atoms with E-state index in [1.807, 2.05) is 6.92 Å². The lowest BCUT2D eigenvalue weighted by atomic mass is 9.94. The van der Waals surface area contributed by atoms with Gasteiger partial charge in [0, 0.05) is 25.2 Å². The number of nitrogens with one attached hydrogen (secondary N) is 2. The molecule has 0 bridgehead atoms. The van der Waals surface area contributed by atoms with Crippen molar-refractivity contribution in [2.75, 3.05) is 25.5 Å². The highest BCUT2D eigenvalue weighted by molar-refractivity contribution is 6.00. The Morgan fingerprint density at radius 1 is 1.15 bits per heavy atom. The maximum Gasteiger partial charge on any atom is 0.257 e. The van der Waals surface area contributed by atoms with Gasteiger partial charge >= 0.3 is 0 Å². The molecule has 2 aliphatic heterocycles. The number of likely N-dealkylation sites (N-methyl/N-ethyl adjacent to an activating group) is 1. The molecule has 1 saturated carbocycles. The lowest BCUT2D eigenvalue weighted by Gasteiger charge is -2.42. The molecule has 1 saturated heterocycles. The van der Waals surface area contributed by atoms with E-state index in [1.165, 1.54) is 0 Å². The summed E-state index contributed by atoms with van der Waals surface area (Å²) >= 11 is 0. The molecule has 3 aliphatic rings. The predicted octanol–water partition coefficient (Wildman–Crippen LogP) is 3.11. The van der Waals surface area contributed by atoms with E-state index < -0.39 is 0 Å². The Balaban J connectivity index is 1.44. The number of benzene rings is 1. The van der Waals surface area contributed by atoms with Gasteiger partial charge in [0.15, 0.2) is 0 Å². The summed E-state index contributed by atoms with van der Waals surface area (Å²) in [6.45, 7) is 2.99. The van der Waals surface area contributed by atoms with E-state index in [1.54, 1.807) is 30.1 Å². The van der Waals surface area contributed by atoms with Crippen LogP contribution < -0.4 is 15.4 Å². The van der Waals surface area contributed by atoms with Crippen LogP contribution in [0.5, 0.6) is 5.75 Å². The van der Waals surface area contributed by atoms with Crippen LogP contribution in [0.25, 0.3) is 0 Å². The van der Waals surface area contributed by atoms with Gasteiger partial charge in [-0.05, 0) is 50.3 Å². The molecule has 1 aromatic rings. The van der Waals surface area contributed by atoms with Crippen molar-refractivity contribution in [3.8, 4) is 5.75 Å². The van der Waals surface area contributed by atoms with E-state index in [0.29, 0.717) is 43.0 Å². The second-order valence-electron chi connectivity index (χ2n) is 9.40. The van der Waals surface area contributed by atoms with E-state index in [2.05, 4.69) is 10.6 Å². The molecule has 1 aromatic carbocycles. The van der Waals surface area contributed by atoms with E-state index in [0.717, 1.165) is 38.5 Å². The fourth-order valence-electron chi connectivity index (χ4n) is 5.08. The molecular formula is C25H35N3O5. The minimum absolute atomic E-state index is 0.00554. The quantitative estimate of drug-likeness (QED) is 0.684. The average Bonchev–Trinajstić information content (AvgIpc) is 3.36. The second-order valence-corrected chi connectivity index (χ2v) is 9.40. The molecule has 8 heteroatoms. The van der Waals surface area contributed by atoms with Crippen molar-refractivity contribution in [2.45, 2.75) is 76.5 Å². The van der Waals surface area contributed by atoms with Crippen LogP contribution in [0.2, 0.25) is 0 Å². The average molecular weight is 458 g/mol. The molecule has 1 aliphatic carbocycles. The molecule has 3 amide bonds. The second kappa shape index (κ2) is 10.5. The molecule has 180 valence electrons. The van der Waals surface area contributed by atoms with Crippen LogP contribution >= 0.6 is 0 Å². The molecule has 4 rings (SSSR count). The SMILES string of the molecule is CCCNC(=O)C[C@H]1CC[C@@H]2[C@@H](COc3ccc(NC(=O)C4CCCC4)cc3C(=O)N2C)O1. The minimum atomic E-state index is -0.299. The predicted molar refractivity (Wildman–Crippen MR) is 124 cm³/mol. The van der Waals surface area contributed by atoms with Crippen molar-refractivity contribution < 1.29 is 23.9 Å². The molecule has 2 heterocycles. The van der Waals surface area contributed by atoms with Gasteiger partial charge < -0.3 is 25.0 Å². The molecule has 2 fully saturated rings. The Morgan fingerprint density at radius 2 is 1.94 bits per heavy atom. The number of carbonyl (C=O) groups is 3. The van der Waals surface area contributed by atoms with Crippen molar-refractivity contribution in [3.63, 3.8) is 0 Å². The van der Waals surface area contributed by atoms with E-state index in [4.69, 9.17) is 9.47 Å². The number of anilines is 1. The molecule has 33 heavy (non-hydrogen) atoms. The van der Waals surface area contributed by atoms with Crippen molar-refractivity contribution in [2.24, 2.45) is 5.92 Å². The summed E-state index contributed by atoms with van der Waals surface area (Å²) in [5.41, 5.74) is 1.06. The van der Waals surface area contributed by atoms with Crippen LogP contribution in [0.1, 0.15) is 68.6 Å². The van der Waals surface area contributed by atoms with Gasteiger partial charge in [0.2, 0.25) is 11.8 Å². The van der Waals surface area contributed by atoms with Crippen LogP contribution in [0.3, 0.4) is 0 Å². The highest BCUT2D eigenvalue weighted by Gasteiger charge is 2.39. The highest BCUT2D eigenvalue weighted by atomic mass is 16.5. The number of fused-ring (bicyclic) bond motifs is 2. The Morgan fingerprint density at radius 3 is 2.70 bits per heavy atom. The number of amides is 3. The van der Waals surface area contributed by atoms with E-state index in [-0.39, 0.29) is 41.9 Å². The topological polar surface area (TPSA) is 97.0 Å². The summed E-state index contributed by atoms with van der Waals surface area (Å²) in [4.78, 5) is 39.7. The van der Waals surface area contributed by atoms with Gasteiger partial charge in [0.25, 0.3) is 5.91 Å². The van der Waals surface area contributed by atoms with Crippen LogP contribution in [0, 0.1) is 5.92 Å². The lowest BCUT2D eigenvalue weighted by Crippen LogP contribution is -2.54. The maximum absolute atomic E-state index is 13.3. The Labute approximate surface area is 195 Å². The Kier molecular flexibility index (Phi) is 7.53. The fraction of sp³-hybridized carbons (Fsp3) is 0.640. The standard InChI is InChI=1S/C25H35N3O5/c1-3-12-26-23(29)14-18-9-10-20-22(33-18)15-32-21-11-8-17(13-19(21)25(31)28(20)2)27-24(30)16-6-4-5-7-16/h8,11,13,16,18,20,22H,3-7,9-10,12,14-15H2,1-2H3,(H,26,29)(H,27,30)/t18-,20-,22-/m1/s1. The van der Waals surface area contributed by atoms with Crippen molar-refractivity contribution in [1.82, 2.24) is 10.2 Å². The zero-order valence-corrected chi connectivity index (χ0v) is 19.6. The van der Waals surface area contributed by atoms with E-state index >= 15 is 0 Å². The largest absolute Gasteiger partial charge is 0.490 e. The summed E-state index contributed by atoms with van der Waals surface area (Å²) in [5.74, 6) is 0.401. The molecule has 0 radical (unpaired) electrons. The smallest absolute Gasteiger partial charge is 0.257 e. The van der Waals surface area contributed by atoms with Gasteiger partial charge in [-0.3, -0.25) is 14.4 Å². The number of rotatable bonds is 6. The number of nitrogens with zero attached hydrogens (tertiary/aromatic N) is 1. The third-order valence-electron chi connectivity index (χ3n) is 6.99. The first-order valence-electron chi connectivity index (χ1n) is 12.2. The summed E-state index contributed by atoms with van der Waals surface area (Å²) < 4.78 is 12.2. The van der Waals surface area contributed by atoms with Gasteiger partial charge in [-0.25, -0.2) is 0 Å². The molecule has 8 nitrogen and oxygen atoms in total. The van der Waals surface area contributed by atoms with Crippen molar-refractivity contribution in [3.05, 3.63) is 23.8 Å². The van der Waals surface area contributed by atoms with Crippen molar-refractivity contribution >= 4 is 23.4 Å². The number of hydrogen-bond donors (Lipinski definition) is 2. The number of ether oxygens (including phenoxy) is 2. The van der Waals surface area contributed by atoms with Gasteiger partial charge in [0.1, 0.15) is 18.5 Å². The number of hydrogen-bond acceptors (Lipinski definition) is 5. The molecule has 0 aromatic heterocycles. The number of carbonyl (C=O) groups excluding carboxylic acids is 3. The molecular weight excluding hydrogens is 422 g/mol. The molecule has 2 N–H and O–H groups in total. The lowest BCUT2D eigenvalue weighted by molar-refractivity contribution is -0.134. The summed E-state index contributed by atoms with van der Waals surface area (Å²) in [7, 11) is 1.79. The third kappa shape index (κ3) is 5.49.